The molecule has 1 unspecified atom stereocenters. The Morgan fingerprint density at radius 1 is 1.45 bits per heavy atom. The van der Waals surface area contributed by atoms with E-state index in [-0.39, 0.29) is 27.9 Å². The molecule has 1 atom stereocenters. The smallest absolute Gasteiger partial charge is 0.246 e. The first-order valence-corrected chi connectivity index (χ1v) is 8.18. The van der Waals surface area contributed by atoms with Gasteiger partial charge in [-0.15, -0.1) is 0 Å². The summed E-state index contributed by atoms with van der Waals surface area (Å²) in [5.74, 6) is -0.901. The molecule has 1 fully saturated rings. The maximum absolute atomic E-state index is 14.0. The fourth-order valence-electron chi connectivity index (χ4n) is 2.35. The zero-order chi connectivity index (χ0) is 15.1. The highest BCUT2D eigenvalue weighted by Crippen LogP contribution is 2.32. The molecule has 4 nitrogen and oxygen atoms in total. The molecule has 1 aromatic rings. The van der Waals surface area contributed by atoms with Crippen LogP contribution in [0.3, 0.4) is 0 Å². The SMILES string of the molecule is CC1(C)CN(S(=O)(=O)c2cccc(Cl)c2F)CCC1N. The zero-order valence-corrected chi connectivity index (χ0v) is 13.0. The molecular weight excluding hydrogens is 303 g/mol. The van der Waals surface area contributed by atoms with Crippen molar-refractivity contribution in [1.82, 2.24) is 4.31 Å². The van der Waals surface area contributed by atoms with Crippen LogP contribution in [0.1, 0.15) is 20.3 Å². The summed E-state index contributed by atoms with van der Waals surface area (Å²) < 4.78 is 40.3. The van der Waals surface area contributed by atoms with Crippen LogP contribution in [0.25, 0.3) is 0 Å². The topological polar surface area (TPSA) is 63.4 Å². The third-order valence-electron chi connectivity index (χ3n) is 3.81. The van der Waals surface area contributed by atoms with Gasteiger partial charge in [0.2, 0.25) is 10.0 Å². The molecule has 0 radical (unpaired) electrons. The quantitative estimate of drug-likeness (QED) is 0.909. The normalized spacial score (nSPS) is 23.8. The fraction of sp³-hybridized carbons (Fsp3) is 0.538. The van der Waals surface area contributed by atoms with E-state index in [1.54, 1.807) is 0 Å². The second kappa shape index (κ2) is 5.26. The Kier molecular flexibility index (Phi) is 4.12. The molecule has 2 N–H and O–H groups in total. The number of rotatable bonds is 2. The fourth-order valence-corrected chi connectivity index (χ4v) is 4.30. The van der Waals surface area contributed by atoms with E-state index in [1.165, 1.54) is 22.5 Å². The van der Waals surface area contributed by atoms with Crippen LogP contribution in [-0.2, 0) is 10.0 Å². The lowest BCUT2D eigenvalue weighted by molar-refractivity contribution is 0.155. The lowest BCUT2D eigenvalue weighted by Gasteiger charge is -2.41. The molecule has 112 valence electrons. The van der Waals surface area contributed by atoms with E-state index < -0.39 is 15.8 Å². The van der Waals surface area contributed by atoms with Gasteiger partial charge < -0.3 is 5.73 Å². The van der Waals surface area contributed by atoms with E-state index in [0.717, 1.165) is 0 Å². The van der Waals surface area contributed by atoms with Crippen molar-refractivity contribution in [3.8, 4) is 0 Å². The van der Waals surface area contributed by atoms with Gasteiger partial charge in [-0.1, -0.05) is 31.5 Å². The lowest BCUT2D eigenvalue weighted by Crippen LogP contribution is -2.53. The molecule has 2 rings (SSSR count). The van der Waals surface area contributed by atoms with Gasteiger partial charge >= 0.3 is 0 Å². The summed E-state index contributed by atoms with van der Waals surface area (Å²) in [4.78, 5) is -0.378. The van der Waals surface area contributed by atoms with E-state index in [2.05, 4.69) is 0 Å². The van der Waals surface area contributed by atoms with E-state index >= 15 is 0 Å². The monoisotopic (exact) mass is 320 g/mol. The summed E-state index contributed by atoms with van der Waals surface area (Å²) >= 11 is 5.66. The van der Waals surface area contributed by atoms with Crippen LogP contribution in [0.5, 0.6) is 0 Å². The highest BCUT2D eigenvalue weighted by molar-refractivity contribution is 7.89. The van der Waals surface area contributed by atoms with Crippen LogP contribution in [0, 0.1) is 11.2 Å². The maximum atomic E-state index is 14.0. The first-order chi connectivity index (χ1) is 9.16. The van der Waals surface area contributed by atoms with Gasteiger partial charge in [0.15, 0.2) is 5.82 Å². The Labute approximate surface area is 123 Å². The van der Waals surface area contributed by atoms with E-state index in [9.17, 15) is 12.8 Å². The summed E-state index contributed by atoms with van der Waals surface area (Å²) in [7, 11) is -3.89. The lowest BCUT2D eigenvalue weighted by atomic mass is 9.81. The molecule has 20 heavy (non-hydrogen) atoms. The largest absolute Gasteiger partial charge is 0.327 e. The molecule has 1 heterocycles. The van der Waals surface area contributed by atoms with Crippen molar-refractivity contribution in [2.75, 3.05) is 13.1 Å². The Bertz CT molecular complexity index is 619. The first-order valence-electron chi connectivity index (χ1n) is 6.36. The van der Waals surface area contributed by atoms with Gasteiger partial charge in [0.1, 0.15) is 4.90 Å². The second-order valence-corrected chi connectivity index (χ2v) is 8.09. The second-order valence-electron chi connectivity index (χ2n) is 5.77. The van der Waals surface area contributed by atoms with Crippen LogP contribution < -0.4 is 5.73 Å². The van der Waals surface area contributed by atoms with Crippen molar-refractivity contribution < 1.29 is 12.8 Å². The highest BCUT2D eigenvalue weighted by atomic mass is 35.5. The standard InChI is InChI=1S/C13H18ClFN2O2S/c1-13(2)8-17(7-6-11(13)16)20(18,19)10-5-3-4-9(14)12(10)15/h3-5,11H,6-8,16H2,1-2H3. The zero-order valence-electron chi connectivity index (χ0n) is 11.4. The van der Waals surface area contributed by atoms with Crippen molar-refractivity contribution in [3.05, 3.63) is 29.0 Å². The first kappa shape index (κ1) is 15.7. The number of halogens is 2. The molecule has 1 aliphatic rings. The Balaban J connectivity index is 2.39. The van der Waals surface area contributed by atoms with Gasteiger partial charge in [-0.3, -0.25) is 0 Å². The van der Waals surface area contributed by atoms with Crippen molar-refractivity contribution in [3.63, 3.8) is 0 Å². The number of nitrogens with zero attached hydrogens (tertiary/aromatic N) is 1. The molecule has 0 amide bonds. The summed E-state index contributed by atoms with van der Waals surface area (Å²) in [6, 6.07) is 3.92. The molecule has 1 saturated heterocycles. The van der Waals surface area contributed by atoms with Crippen LogP contribution in [0.4, 0.5) is 4.39 Å². The van der Waals surface area contributed by atoms with Gasteiger partial charge in [0.25, 0.3) is 0 Å². The Morgan fingerprint density at radius 2 is 2.10 bits per heavy atom. The minimum atomic E-state index is -3.89. The van der Waals surface area contributed by atoms with Crippen LogP contribution in [0.2, 0.25) is 5.02 Å². The van der Waals surface area contributed by atoms with Gasteiger partial charge in [-0.05, 0) is 24.0 Å². The van der Waals surface area contributed by atoms with Crippen molar-refractivity contribution in [2.24, 2.45) is 11.1 Å². The number of benzene rings is 1. The molecule has 1 aromatic carbocycles. The highest BCUT2D eigenvalue weighted by Gasteiger charge is 2.39. The van der Waals surface area contributed by atoms with Gasteiger partial charge in [0, 0.05) is 19.1 Å². The number of hydrogen-bond acceptors (Lipinski definition) is 3. The molecule has 0 aromatic heterocycles. The van der Waals surface area contributed by atoms with E-state index in [0.29, 0.717) is 13.0 Å². The van der Waals surface area contributed by atoms with Crippen molar-refractivity contribution >= 4 is 21.6 Å². The van der Waals surface area contributed by atoms with Gasteiger partial charge in [0.05, 0.1) is 5.02 Å². The molecule has 7 heteroatoms. The summed E-state index contributed by atoms with van der Waals surface area (Å²) in [6.07, 6.45) is 0.550. The predicted octanol–water partition coefficient (Wildman–Crippen LogP) is 2.23. The summed E-state index contributed by atoms with van der Waals surface area (Å²) in [5.41, 5.74) is 5.65. The molecule has 0 aliphatic carbocycles. The number of sulfonamides is 1. The Hall–Kier alpha value is -0.690. The average molecular weight is 321 g/mol. The van der Waals surface area contributed by atoms with Crippen molar-refractivity contribution in [2.45, 2.75) is 31.2 Å². The van der Waals surface area contributed by atoms with Crippen LogP contribution >= 0.6 is 11.6 Å². The minimum Gasteiger partial charge on any atom is -0.327 e. The summed E-state index contributed by atoms with van der Waals surface area (Å²) in [6.45, 7) is 4.38. The molecule has 0 saturated carbocycles. The Morgan fingerprint density at radius 3 is 2.70 bits per heavy atom. The summed E-state index contributed by atoms with van der Waals surface area (Å²) in [5, 5.41) is -0.195. The molecule has 1 aliphatic heterocycles. The van der Waals surface area contributed by atoms with E-state index in [1.807, 2.05) is 13.8 Å². The molecule has 0 bridgehead atoms. The van der Waals surface area contributed by atoms with Gasteiger partial charge in [-0.25, -0.2) is 12.8 Å². The number of hydrogen-bond donors (Lipinski definition) is 1. The predicted molar refractivity (Wildman–Crippen MR) is 76.5 cm³/mol. The minimum absolute atomic E-state index is 0.0711. The average Bonchev–Trinajstić information content (AvgIpc) is 2.35. The van der Waals surface area contributed by atoms with Crippen molar-refractivity contribution in [1.29, 1.82) is 0 Å². The van der Waals surface area contributed by atoms with E-state index in [4.69, 9.17) is 17.3 Å². The third-order valence-corrected chi connectivity index (χ3v) is 5.97. The van der Waals surface area contributed by atoms with Crippen LogP contribution in [0.15, 0.2) is 23.1 Å². The van der Waals surface area contributed by atoms with Crippen LogP contribution in [-0.4, -0.2) is 31.9 Å². The molecule has 0 spiro atoms. The number of piperidine rings is 1. The number of nitrogens with two attached hydrogens (primary N) is 1. The molecular formula is C13H18ClFN2O2S. The van der Waals surface area contributed by atoms with Gasteiger partial charge in [-0.2, -0.15) is 4.31 Å². The third kappa shape index (κ3) is 2.70. The maximum Gasteiger partial charge on any atom is 0.246 e.